The monoisotopic (exact) mass is 365 g/mol. The molecule has 0 aromatic carbocycles. The minimum absolute atomic E-state index is 0. The molecular formula is C18H40AlClOP. The van der Waals surface area contributed by atoms with Crippen molar-refractivity contribution in [3.8, 4) is 0 Å². The summed E-state index contributed by atoms with van der Waals surface area (Å²) in [4.78, 5) is 0. The first-order valence-corrected chi connectivity index (χ1v) is 10.2. The molecule has 0 bridgehead atoms. The Morgan fingerprint density at radius 3 is 1.36 bits per heavy atom. The van der Waals surface area contributed by atoms with E-state index in [9.17, 15) is 0 Å². The first-order chi connectivity index (χ1) is 10.1. The minimum atomic E-state index is 0. The Morgan fingerprint density at radius 1 is 0.773 bits per heavy atom. The van der Waals surface area contributed by atoms with E-state index in [1.54, 1.807) is 0 Å². The third-order valence-electron chi connectivity index (χ3n) is 4.62. The molecule has 0 rings (SSSR count). The van der Waals surface area contributed by atoms with Crippen LogP contribution in [0.25, 0.3) is 0 Å². The predicted molar refractivity (Wildman–Crippen MR) is 108 cm³/mol. The zero-order valence-corrected chi connectivity index (χ0v) is 18.7. The van der Waals surface area contributed by atoms with Crippen LogP contribution in [0.5, 0.6) is 0 Å². The average Bonchev–Trinajstić information content (AvgIpc) is 2.53. The molecule has 1 unspecified atom stereocenters. The SMILES string of the molecule is CCCCC(CCCC)C(P)(CCCC)CCCC.Cl.[O]=[Al]. The Morgan fingerprint density at radius 2 is 1.09 bits per heavy atom. The van der Waals surface area contributed by atoms with Gasteiger partial charge in [-0.25, -0.2) is 0 Å². The molecule has 0 N–H and O–H groups in total. The van der Waals surface area contributed by atoms with E-state index in [0.29, 0.717) is 5.16 Å². The van der Waals surface area contributed by atoms with E-state index in [1.165, 1.54) is 93.3 Å². The summed E-state index contributed by atoms with van der Waals surface area (Å²) in [6.07, 6.45) is 16.8. The van der Waals surface area contributed by atoms with Gasteiger partial charge < -0.3 is 0 Å². The molecule has 133 valence electrons. The molecule has 0 saturated carbocycles. The number of hydrogen-bond acceptors (Lipinski definition) is 1. The topological polar surface area (TPSA) is 17.1 Å². The van der Waals surface area contributed by atoms with Crippen LogP contribution in [0.1, 0.15) is 105 Å². The van der Waals surface area contributed by atoms with Crippen molar-refractivity contribution < 1.29 is 3.80 Å². The van der Waals surface area contributed by atoms with Crippen molar-refractivity contribution in [3.05, 3.63) is 0 Å². The van der Waals surface area contributed by atoms with E-state index in [4.69, 9.17) is 3.80 Å². The van der Waals surface area contributed by atoms with Gasteiger partial charge in [-0.2, -0.15) is 0 Å². The van der Waals surface area contributed by atoms with Crippen LogP contribution < -0.4 is 0 Å². The number of unbranched alkanes of at least 4 members (excludes halogenated alkanes) is 4. The first-order valence-electron chi connectivity index (χ1n) is 9.17. The molecule has 22 heavy (non-hydrogen) atoms. The summed E-state index contributed by atoms with van der Waals surface area (Å²) in [5.74, 6) is 0.940. The first kappa shape index (κ1) is 27.9. The van der Waals surface area contributed by atoms with Gasteiger partial charge in [0.25, 0.3) is 0 Å². The van der Waals surface area contributed by atoms with Crippen molar-refractivity contribution in [2.45, 2.75) is 110 Å². The third kappa shape index (κ3) is 13.5. The second-order valence-electron chi connectivity index (χ2n) is 6.42. The summed E-state index contributed by atoms with van der Waals surface area (Å²) in [5.41, 5.74) is 0. The van der Waals surface area contributed by atoms with Gasteiger partial charge in [-0.15, -0.1) is 21.6 Å². The van der Waals surface area contributed by atoms with Gasteiger partial charge in [0, 0.05) is 0 Å². The van der Waals surface area contributed by atoms with E-state index >= 15 is 0 Å². The van der Waals surface area contributed by atoms with Crippen molar-refractivity contribution in [2.24, 2.45) is 5.92 Å². The zero-order chi connectivity index (χ0) is 16.6. The van der Waals surface area contributed by atoms with Gasteiger partial charge in [0.1, 0.15) is 0 Å². The molecule has 1 radical (unpaired) electrons. The van der Waals surface area contributed by atoms with E-state index in [1.807, 2.05) is 0 Å². The van der Waals surface area contributed by atoms with Gasteiger partial charge in [0.2, 0.25) is 0 Å². The van der Waals surface area contributed by atoms with Crippen molar-refractivity contribution in [1.29, 1.82) is 0 Å². The maximum absolute atomic E-state index is 8.17. The van der Waals surface area contributed by atoms with Crippen molar-refractivity contribution in [2.75, 3.05) is 0 Å². The van der Waals surface area contributed by atoms with Gasteiger partial charge in [0.05, 0.1) is 0 Å². The van der Waals surface area contributed by atoms with Crippen LogP contribution in [-0.2, 0) is 3.80 Å². The predicted octanol–water partition coefficient (Wildman–Crippen LogP) is 6.90. The van der Waals surface area contributed by atoms with E-state index in [0.717, 1.165) is 5.92 Å². The van der Waals surface area contributed by atoms with Gasteiger partial charge in [-0.05, 0) is 36.8 Å². The van der Waals surface area contributed by atoms with E-state index < -0.39 is 0 Å². The summed E-state index contributed by atoms with van der Waals surface area (Å²) < 4.78 is 8.17. The molecule has 4 heteroatoms. The quantitative estimate of drug-likeness (QED) is 0.256. The molecule has 1 atom stereocenters. The molecule has 0 heterocycles. The molecular weight excluding hydrogens is 326 g/mol. The van der Waals surface area contributed by atoms with Crippen molar-refractivity contribution in [1.82, 2.24) is 0 Å². The maximum atomic E-state index is 8.17. The van der Waals surface area contributed by atoms with Crippen LogP contribution in [0.4, 0.5) is 0 Å². The van der Waals surface area contributed by atoms with Crippen molar-refractivity contribution >= 4 is 37.9 Å². The van der Waals surface area contributed by atoms with Gasteiger partial charge in [-0.1, -0.05) is 79.1 Å². The third-order valence-corrected chi connectivity index (χ3v) is 5.67. The normalized spacial score (nSPS) is 10.8. The van der Waals surface area contributed by atoms with E-state index in [2.05, 4.69) is 36.9 Å². The Bertz CT molecular complexity index is 201. The van der Waals surface area contributed by atoms with Gasteiger partial charge in [0.15, 0.2) is 0 Å². The molecule has 0 aliphatic carbocycles. The van der Waals surface area contributed by atoms with Crippen LogP contribution in [0.2, 0.25) is 0 Å². The molecule has 0 fully saturated rings. The fourth-order valence-corrected chi connectivity index (χ4v) is 3.91. The molecule has 0 saturated heterocycles. The molecule has 0 aromatic heterocycles. The fourth-order valence-electron chi connectivity index (χ4n) is 3.17. The molecule has 0 aromatic rings. The zero-order valence-electron chi connectivity index (χ0n) is 15.5. The average molecular weight is 366 g/mol. The van der Waals surface area contributed by atoms with Gasteiger partial charge in [-0.3, -0.25) is 0 Å². The fraction of sp³-hybridized carbons (Fsp3) is 1.00. The van der Waals surface area contributed by atoms with Crippen LogP contribution in [0, 0.1) is 5.92 Å². The Labute approximate surface area is 157 Å². The van der Waals surface area contributed by atoms with Crippen LogP contribution in [-0.4, -0.2) is 21.4 Å². The van der Waals surface area contributed by atoms with Crippen LogP contribution >= 0.6 is 21.6 Å². The van der Waals surface area contributed by atoms with Crippen molar-refractivity contribution in [3.63, 3.8) is 0 Å². The number of hydrogen-bond donors (Lipinski definition) is 0. The molecule has 0 amide bonds. The summed E-state index contributed by atoms with van der Waals surface area (Å²) in [5, 5.41) is 0.538. The molecule has 1 nitrogen and oxygen atoms in total. The van der Waals surface area contributed by atoms with E-state index in [-0.39, 0.29) is 12.4 Å². The molecule has 0 aliphatic rings. The Balaban J connectivity index is -0.00000115. The second kappa shape index (κ2) is 20.1. The number of halogens is 1. The summed E-state index contributed by atoms with van der Waals surface area (Å²) >= 11 is 1.17. The Kier molecular flexibility index (Phi) is 25.5. The summed E-state index contributed by atoms with van der Waals surface area (Å²) in [6.45, 7) is 9.33. The van der Waals surface area contributed by atoms with Crippen LogP contribution in [0.15, 0.2) is 0 Å². The summed E-state index contributed by atoms with van der Waals surface area (Å²) in [7, 11) is 3.32. The molecule has 0 spiro atoms. The Hall–Kier alpha value is 1.05. The standard InChI is InChI=1S/C18H39P.Al.ClH.O/c1-5-9-13-17(14-10-6-2)18(19,15-11-7-3)16-12-8-4;;;/h17H,5-16,19H2,1-4H3;;1H;. The second-order valence-corrected chi connectivity index (χ2v) is 7.57. The summed E-state index contributed by atoms with van der Waals surface area (Å²) in [6, 6.07) is 0. The van der Waals surface area contributed by atoms with Gasteiger partial charge >= 0.3 is 20.0 Å². The number of rotatable bonds is 13. The van der Waals surface area contributed by atoms with Crippen LogP contribution in [0.3, 0.4) is 0 Å². The molecule has 0 aliphatic heterocycles.